The number of rotatable bonds is 3. The van der Waals surface area contributed by atoms with E-state index in [9.17, 15) is 19.7 Å². The summed E-state index contributed by atoms with van der Waals surface area (Å²) in [6.07, 6.45) is 1.03. The lowest BCUT2D eigenvalue weighted by Crippen LogP contribution is -2.30. The average Bonchev–Trinajstić information content (AvgIpc) is 2.47. The number of imide groups is 1. The minimum atomic E-state index is -0.706. The van der Waals surface area contributed by atoms with Gasteiger partial charge in [-0.3, -0.25) is 14.9 Å². The number of amides is 2. The van der Waals surface area contributed by atoms with Crippen molar-refractivity contribution in [2.75, 3.05) is 0 Å². The van der Waals surface area contributed by atoms with Gasteiger partial charge in [0, 0.05) is 16.7 Å². The Bertz CT molecular complexity index is 716. The summed E-state index contributed by atoms with van der Waals surface area (Å²) in [5.74, 6) is -1.71. The molecule has 0 aliphatic rings. The van der Waals surface area contributed by atoms with Gasteiger partial charge in [-0.15, -0.1) is 0 Å². The highest BCUT2D eigenvalue weighted by atomic mass is 35.5. The topological polar surface area (TPSA) is 102 Å². The summed E-state index contributed by atoms with van der Waals surface area (Å²) in [4.78, 5) is 36.9. The second-order valence-electron chi connectivity index (χ2n) is 3.96. The van der Waals surface area contributed by atoms with Gasteiger partial charge in [-0.25, -0.2) is 0 Å². The number of nitro groups is 1. The number of carbonyl (C=O) groups excluding carboxylic acids is 2. The van der Waals surface area contributed by atoms with Crippen LogP contribution >= 0.6 is 11.6 Å². The van der Waals surface area contributed by atoms with Gasteiger partial charge in [0.2, 0.25) is 0 Å². The molecule has 2 rings (SSSR count). The van der Waals surface area contributed by atoms with Gasteiger partial charge >= 0.3 is 5.82 Å². The first-order valence-electron chi connectivity index (χ1n) is 5.69. The van der Waals surface area contributed by atoms with E-state index < -0.39 is 16.7 Å². The fraction of sp³-hybridized carbons (Fsp3) is 0. The van der Waals surface area contributed by atoms with E-state index in [1.54, 1.807) is 12.1 Å². The van der Waals surface area contributed by atoms with Crippen LogP contribution in [0.15, 0.2) is 42.6 Å². The Hall–Kier alpha value is -2.80. The zero-order valence-electron chi connectivity index (χ0n) is 10.4. The summed E-state index contributed by atoms with van der Waals surface area (Å²) in [7, 11) is 0. The number of halogens is 1. The van der Waals surface area contributed by atoms with E-state index in [0.29, 0.717) is 5.02 Å². The fourth-order valence-corrected chi connectivity index (χ4v) is 1.70. The number of pyridine rings is 1. The standard InChI is InChI=1S/C13H8ClN3O4/c14-10-3-1-2-8(6-10)12(18)16-13(19)9-4-5-11(15-7-9)17(20)21/h1-7H,(H,16,18,19). The molecule has 0 saturated carbocycles. The smallest absolute Gasteiger partial charge is 0.358 e. The van der Waals surface area contributed by atoms with Crippen LogP contribution in [-0.4, -0.2) is 21.7 Å². The predicted octanol–water partition coefficient (Wildman–Crippen LogP) is 2.21. The first-order chi connectivity index (χ1) is 9.97. The third kappa shape index (κ3) is 3.61. The van der Waals surface area contributed by atoms with Gasteiger partial charge < -0.3 is 10.1 Å². The Morgan fingerprint density at radius 2 is 1.86 bits per heavy atom. The van der Waals surface area contributed by atoms with Crippen LogP contribution in [0.2, 0.25) is 5.02 Å². The zero-order chi connectivity index (χ0) is 15.4. The molecular formula is C13H8ClN3O4. The molecule has 1 N–H and O–H groups in total. The van der Waals surface area contributed by atoms with Crippen molar-refractivity contribution in [2.45, 2.75) is 0 Å². The van der Waals surface area contributed by atoms with E-state index in [0.717, 1.165) is 12.3 Å². The molecule has 1 heterocycles. The molecule has 8 heteroatoms. The van der Waals surface area contributed by atoms with Gasteiger partial charge in [0.05, 0.1) is 5.56 Å². The molecule has 2 aromatic rings. The van der Waals surface area contributed by atoms with Crippen LogP contribution in [0.5, 0.6) is 0 Å². The quantitative estimate of drug-likeness (QED) is 0.532. The number of hydrogen-bond donors (Lipinski definition) is 1. The molecule has 0 unspecified atom stereocenters. The van der Waals surface area contributed by atoms with Gasteiger partial charge in [0.1, 0.15) is 0 Å². The van der Waals surface area contributed by atoms with Crippen molar-refractivity contribution in [3.63, 3.8) is 0 Å². The molecule has 7 nitrogen and oxygen atoms in total. The van der Waals surface area contributed by atoms with Crippen LogP contribution in [0.4, 0.5) is 5.82 Å². The van der Waals surface area contributed by atoms with Crippen LogP contribution in [0.3, 0.4) is 0 Å². The maximum atomic E-state index is 11.8. The molecule has 2 amide bonds. The molecule has 1 aromatic carbocycles. The first-order valence-corrected chi connectivity index (χ1v) is 6.07. The Labute approximate surface area is 123 Å². The number of benzene rings is 1. The highest BCUT2D eigenvalue weighted by Gasteiger charge is 2.15. The lowest BCUT2D eigenvalue weighted by atomic mass is 10.2. The van der Waals surface area contributed by atoms with Crippen molar-refractivity contribution in [1.82, 2.24) is 10.3 Å². The van der Waals surface area contributed by atoms with E-state index in [1.165, 1.54) is 18.2 Å². The number of carbonyl (C=O) groups is 2. The average molecular weight is 306 g/mol. The monoisotopic (exact) mass is 305 g/mol. The maximum absolute atomic E-state index is 11.8. The van der Waals surface area contributed by atoms with Crippen LogP contribution in [0.1, 0.15) is 20.7 Å². The van der Waals surface area contributed by atoms with Crippen molar-refractivity contribution in [2.24, 2.45) is 0 Å². The molecule has 0 bridgehead atoms. The van der Waals surface area contributed by atoms with Crippen molar-refractivity contribution in [3.8, 4) is 0 Å². The van der Waals surface area contributed by atoms with Gasteiger partial charge in [-0.1, -0.05) is 17.7 Å². The summed E-state index contributed by atoms with van der Waals surface area (Å²) in [6.45, 7) is 0. The lowest BCUT2D eigenvalue weighted by molar-refractivity contribution is -0.389. The molecule has 0 saturated heterocycles. The maximum Gasteiger partial charge on any atom is 0.363 e. The highest BCUT2D eigenvalue weighted by Crippen LogP contribution is 2.11. The van der Waals surface area contributed by atoms with Gasteiger partial charge in [-0.05, 0) is 34.2 Å². The predicted molar refractivity (Wildman–Crippen MR) is 74.1 cm³/mol. The van der Waals surface area contributed by atoms with Gasteiger partial charge in [0.15, 0.2) is 6.20 Å². The van der Waals surface area contributed by atoms with Gasteiger partial charge in [0.25, 0.3) is 11.8 Å². The summed E-state index contributed by atoms with van der Waals surface area (Å²) >= 11 is 5.75. The minimum Gasteiger partial charge on any atom is -0.358 e. The fourth-order valence-electron chi connectivity index (χ4n) is 1.51. The molecule has 0 radical (unpaired) electrons. The van der Waals surface area contributed by atoms with Crippen molar-refractivity contribution < 1.29 is 14.5 Å². The molecule has 1 aromatic heterocycles. The molecule has 21 heavy (non-hydrogen) atoms. The first kappa shape index (κ1) is 14.6. The summed E-state index contributed by atoms with van der Waals surface area (Å²) in [6, 6.07) is 8.39. The van der Waals surface area contributed by atoms with Crippen LogP contribution in [0, 0.1) is 10.1 Å². The molecule has 0 aliphatic carbocycles. The van der Waals surface area contributed by atoms with Crippen molar-refractivity contribution in [1.29, 1.82) is 0 Å². The van der Waals surface area contributed by atoms with Crippen molar-refractivity contribution >= 4 is 29.2 Å². The summed E-state index contributed by atoms with van der Waals surface area (Å²) in [5.41, 5.74) is 0.265. The minimum absolute atomic E-state index is 0.0379. The summed E-state index contributed by atoms with van der Waals surface area (Å²) < 4.78 is 0. The largest absolute Gasteiger partial charge is 0.363 e. The molecule has 106 valence electrons. The van der Waals surface area contributed by atoms with E-state index in [-0.39, 0.29) is 16.9 Å². The van der Waals surface area contributed by atoms with Crippen LogP contribution in [-0.2, 0) is 0 Å². The summed E-state index contributed by atoms with van der Waals surface area (Å²) in [5, 5.41) is 13.0. The number of nitrogens with zero attached hydrogens (tertiary/aromatic N) is 2. The number of aromatic nitrogens is 1. The van der Waals surface area contributed by atoms with E-state index in [2.05, 4.69) is 10.3 Å². The third-order valence-corrected chi connectivity index (χ3v) is 2.75. The molecular weight excluding hydrogens is 298 g/mol. The van der Waals surface area contributed by atoms with E-state index in [4.69, 9.17) is 11.6 Å². The normalized spacial score (nSPS) is 9.95. The Morgan fingerprint density at radius 1 is 1.14 bits per heavy atom. The molecule has 0 fully saturated rings. The molecule has 0 aliphatic heterocycles. The SMILES string of the molecule is O=C(NC(=O)c1cccc(Cl)c1)c1ccc([N+](=O)[O-])nc1. The van der Waals surface area contributed by atoms with Gasteiger partial charge in [-0.2, -0.15) is 0 Å². The zero-order valence-corrected chi connectivity index (χ0v) is 11.2. The number of hydrogen-bond acceptors (Lipinski definition) is 5. The molecule has 0 atom stereocenters. The van der Waals surface area contributed by atoms with E-state index in [1.807, 2.05) is 0 Å². The number of nitrogens with one attached hydrogen (secondary N) is 1. The Morgan fingerprint density at radius 3 is 2.43 bits per heavy atom. The lowest BCUT2D eigenvalue weighted by Gasteiger charge is -2.03. The Kier molecular flexibility index (Phi) is 4.24. The third-order valence-electron chi connectivity index (χ3n) is 2.51. The van der Waals surface area contributed by atoms with Crippen molar-refractivity contribution in [3.05, 3.63) is 68.9 Å². The second kappa shape index (κ2) is 6.10. The Balaban J connectivity index is 2.10. The van der Waals surface area contributed by atoms with E-state index >= 15 is 0 Å². The van der Waals surface area contributed by atoms with Crippen LogP contribution < -0.4 is 5.32 Å². The van der Waals surface area contributed by atoms with Crippen LogP contribution in [0.25, 0.3) is 0 Å². The highest BCUT2D eigenvalue weighted by molar-refractivity contribution is 6.31. The molecule has 0 spiro atoms. The second-order valence-corrected chi connectivity index (χ2v) is 4.39.